The van der Waals surface area contributed by atoms with Crippen LogP contribution in [0.3, 0.4) is 0 Å². The minimum Gasteiger partial charge on any atom is -0.390 e. The van der Waals surface area contributed by atoms with Crippen LogP contribution < -0.4 is 0 Å². The predicted molar refractivity (Wildman–Crippen MR) is 41.7 cm³/mol. The van der Waals surface area contributed by atoms with Crippen molar-refractivity contribution in [1.82, 2.24) is 41.2 Å². The molecule has 15 heteroatoms. The molecule has 0 unspecified atom stereocenters. The Balaban J connectivity index is 0.000000284. The Hall–Kier alpha value is -2.55. The topological polar surface area (TPSA) is 195 Å². The first-order valence-electron chi connectivity index (χ1n) is 3.37. The number of H-pyrrole nitrogens is 2. The van der Waals surface area contributed by atoms with Crippen LogP contribution in [-0.2, 0) is 16.8 Å². The summed E-state index contributed by atoms with van der Waals surface area (Å²) >= 11 is 0. The van der Waals surface area contributed by atoms with Gasteiger partial charge < -0.3 is 20.2 Å². The van der Waals surface area contributed by atoms with Gasteiger partial charge in [0.2, 0.25) is 0 Å². The average molecular weight is 289 g/mol. The number of nitrogens with zero attached hydrogens (tertiary/aromatic N) is 8. The molecule has 17 heavy (non-hydrogen) atoms. The molecule has 1 radical (unpaired) electrons. The van der Waals surface area contributed by atoms with E-state index in [1.165, 1.54) is 0 Å². The first kappa shape index (κ1) is 14.4. The van der Waals surface area contributed by atoms with Gasteiger partial charge >= 0.3 is 11.9 Å². The molecule has 2 heterocycles. The third kappa shape index (κ3) is 4.66. The maximum absolute atomic E-state index is 9.69. The Morgan fingerprint density at radius 1 is 0.882 bits per heavy atom. The molecule has 2 aromatic rings. The first-order valence-corrected chi connectivity index (χ1v) is 3.37. The maximum atomic E-state index is 9.69. The van der Waals surface area contributed by atoms with Crippen LogP contribution >= 0.6 is 0 Å². The van der Waals surface area contributed by atoms with Gasteiger partial charge in [-0.25, -0.2) is 0 Å². The number of nitro groups is 2. The van der Waals surface area contributed by atoms with Crippen molar-refractivity contribution < 1.29 is 26.6 Å². The zero-order valence-corrected chi connectivity index (χ0v) is 8.59. The fourth-order valence-electron chi connectivity index (χ4n) is 0.463. The van der Waals surface area contributed by atoms with Crippen molar-refractivity contribution in [3.8, 4) is 0 Å². The summed E-state index contributed by atoms with van der Waals surface area (Å²) in [6, 6.07) is 0. The van der Waals surface area contributed by atoms with Crippen molar-refractivity contribution in [3.63, 3.8) is 0 Å². The molecule has 0 amide bonds. The zero-order chi connectivity index (χ0) is 12.0. The van der Waals surface area contributed by atoms with E-state index in [9.17, 15) is 20.2 Å². The summed E-state index contributed by atoms with van der Waals surface area (Å²) in [5.74, 6) is -0.880. The van der Waals surface area contributed by atoms with Crippen molar-refractivity contribution in [1.29, 1.82) is 0 Å². The Bertz CT molecular complexity index is 406. The number of nitrogens with one attached hydrogen (secondary N) is 2. The van der Waals surface area contributed by atoms with E-state index < -0.39 is 21.7 Å². The van der Waals surface area contributed by atoms with Crippen LogP contribution in [0.15, 0.2) is 0 Å². The van der Waals surface area contributed by atoms with E-state index in [1.54, 1.807) is 0 Å². The Morgan fingerprint density at radius 3 is 1.35 bits per heavy atom. The zero-order valence-electron chi connectivity index (χ0n) is 7.54. The molecule has 0 spiro atoms. The molecule has 0 fully saturated rings. The van der Waals surface area contributed by atoms with Gasteiger partial charge in [-0.2, -0.15) is 0 Å². The number of rotatable bonds is 2. The van der Waals surface area contributed by atoms with Crippen LogP contribution in [0.5, 0.6) is 0 Å². The molecule has 0 aliphatic carbocycles. The number of aromatic nitrogens is 8. The Morgan fingerprint density at radius 2 is 1.24 bits per heavy atom. The molecular formula is C2H2CoN10O4. The van der Waals surface area contributed by atoms with Crippen molar-refractivity contribution in [2.75, 3.05) is 0 Å². The third-order valence-corrected chi connectivity index (χ3v) is 1.01. The number of hydrogen-bond donors (Lipinski definition) is 2. The largest absolute Gasteiger partial charge is 0.477 e. The average Bonchev–Trinajstić information content (AvgIpc) is 2.93. The fraction of sp³-hybridized carbons (Fsp3) is 0. The number of tetrazole rings is 2. The van der Waals surface area contributed by atoms with Crippen LogP contribution in [-0.4, -0.2) is 51.1 Å². The summed E-state index contributed by atoms with van der Waals surface area (Å²) < 4.78 is 0. The smallest absolute Gasteiger partial charge is 0.390 e. The van der Waals surface area contributed by atoms with E-state index in [-0.39, 0.29) is 16.8 Å². The van der Waals surface area contributed by atoms with Gasteiger partial charge in [0.1, 0.15) is 0 Å². The van der Waals surface area contributed by atoms with E-state index in [0.29, 0.717) is 0 Å². The molecule has 0 saturated heterocycles. The quantitative estimate of drug-likeness (QED) is 0.470. The van der Waals surface area contributed by atoms with Crippen molar-refractivity contribution in [2.45, 2.75) is 0 Å². The summed E-state index contributed by atoms with van der Waals surface area (Å²) in [6.45, 7) is 0. The molecule has 0 aliphatic heterocycles. The molecule has 0 aromatic carbocycles. The third-order valence-electron chi connectivity index (χ3n) is 1.01. The van der Waals surface area contributed by atoms with E-state index in [4.69, 9.17) is 0 Å². The standard InChI is InChI=1S/2CHN5O2.Co/c2*7-6(8)1-2-4-5-3-1;/h2*(H,2,3,4,5);. The molecule has 14 nitrogen and oxygen atoms in total. The second kappa shape index (κ2) is 6.84. The van der Waals surface area contributed by atoms with E-state index in [1.807, 2.05) is 10.2 Å². The SMILES string of the molecule is O=[N+]([O-])c1nnn[nH]1.O=[N+]([O-])c1nnn[nH]1.[Co]. The van der Waals surface area contributed by atoms with E-state index in [0.717, 1.165) is 0 Å². The molecule has 0 saturated carbocycles. The van der Waals surface area contributed by atoms with Gasteiger partial charge in [-0.05, 0) is 9.85 Å². The second-order valence-corrected chi connectivity index (χ2v) is 1.96. The van der Waals surface area contributed by atoms with Crippen molar-refractivity contribution in [3.05, 3.63) is 20.2 Å². The minimum absolute atomic E-state index is 0. The summed E-state index contributed by atoms with van der Waals surface area (Å²) in [7, 11) is 0. The molecular weight excluding hydrogens is 287 g/mol. The van der Waals surface area contributed by atoms with Crippen LogP contribution in [0, 0.1) is 20.2 Å². The molecule has 0 aliphatic rings. The molecule has 0 atom stereocenters. The normalized spacial score (nSPS) is 8.47. The van der Waals surface area contributed by atoms with Gasteiger partial charge in [0, 0.05) is 27.2 Å². The van der Waals surface area contributed by atoms with Gasteiger partial charge in [0.25, 0.3) is 0 Å². The summed E-state index contributed by atoms with van der Waals surface area (Å²) in [4.78, 5) is 18.0. The van der Waals surface area contributed by atoms with Crippen molar-refractivity contribution >= 4 is 11.9 Å². The minimum atomic E-state index is -0.708. The van der Waals surface area contributed by atoms with Gasteiger partial charge in [0.15, 0.2) is 0 Å². The first-order chi connectivity index (χ1) is 7.61. The molecule has 2 aromatic heterocycles. The monoisotopic (exact) mass is 289 g/mol. The van der Waals surface area contributed by atoms with Gasteiger partial charge in [-0.3, -0.25) is 0 Å². The van der Waals surface area contributed by atoms with E-state index >= 15 is 0 Å². The maximum Gasteiger partial charge on any atom is 0.477 e. The molecule has 0 bridgehead atoms. The van der Waals surface area contributed by atoms with Gasteiger partial charge in [-0.1, -0.05) is 0 Å². The predicted octanol–water partition coefficient (Wildman–Crippen LogP) is -1.79. The summed E-state index contributed by atoms with van der Waals surface area (Å²) in [5, 5.41) is 41.2. The van der Waals surface area contributed by atoms with Gasteiger partial charge in [-0.15, -0.1) is 10.2 Å². The van der Waals surface area contributed by atoms with Crippen LogP contribution in [0.4, 0.5) is 11.9 Å². The van der Waals surface area contributed by atoms with Gasteiger partial charge in [0.05, 0.1) is 20.6 Å². The summed E-state index contributed by atoms with van der Waals surface area (Å²) in [6.07, 6.45) is 0. The molecule has 93 valence electrons. The second-order valence-electron chi connectivity index (χ2n) is 1.96. The molecule has 2 rings (SSSR count). The van der Waals surface area contributed by atoms with Crippen LogP contribution in [0.1, 0.15) is 0 Å². The summed E-state index contributed by atoms with van der Waals surface area (Å²) in [5.41, 5.74) is 0. The van der Waals surface area contributed by atoms with Crippen LogP contribution in [0.2, 0.25) is 0 Å². The number of hydrogen-bond acceptors (Lipinski definition) is 10. The Kier molecular flexibility index (Phi) is 5.82. The van der Waals surface area contributed by atoms with E-state index in [2.05, 4.69) is 31.1 Å². The molecule has 2 N–H and O–H groups in total. The van der Waals surface area contributed by atoms with Crippen LogP contribution in [0.25, 0.3) is 0 Å². The Labute approximate surface area is 101 Å². The van der Waals surface area contributed by atoms with Crippen molar-refractivity contribution in [2.24, 2.45) is 0 Å². The fourth-order valence-corrected chi connectivity index (χ4v) is 0.463. The number of aromatic amines is 2.